The Labute approximate surface area is 320 Å². The summed E-state index contributed by atoms with van der Waals surface area (Å²) in [6.07, 6.45) is 11.2. The van der Waals surface area contributed by atoms with Crippen molar-refractivity contribution in [3.8, 4) is 22.3 Å². The van der Waals surface area contributed by atoms with Crippen molar-refractivity contribution in [2.45, 2.75) is 43.9 Å². The average molecular weight is 714 g/mol. The van der Waals surface area contributed by atoms with E-state index in [1.165, 1.54) is 75.9 Å². The molecule has 0 radical (unpaired) electrons. The van der Waals surface area contributed by atoms with Crippen LogP contribution in [0.3, 0.4) is 0 Å². The number of rotatable bonds is 4. The second kappa shape index (κ2) is 11.5. The molecule has 260 valence electrons. The second-order valence-corrected chi connectivity index (χ2v) is 16.8. The van der Waals surface area contributed by atoms with Gasteiger partial charge in [0.1, 0.15) is 0 Å². The number of para-hydroxylation sites is 1. The van der Waals surface area contributed by atoms with Crippen LogP contribution in [-0.2, 0) is 5.41 Å². The predicted molar refractivity (Wildman–Crippen MR) is 229 cm³/mol. The smallest absolute Gasteiger partial charge is 0.197 e. The highest BCUT2D eigenvalue weighted by Gasteiger charge is 2.50. The third kappa shape index (κ3) is 4.50. The molecule has 4 aliphatic rings. The van der Waals surface area contributed by atoms with Gasteiger partial charge in [0, 0.05) is 49.0 Å². The topological polar surface area (TPSA) is 27.6 Å². The monoisotopic (exact) mass is 713 g/mol. The van der Waals surface area contributed by atoms with Crippen LogP contribution in [0, 0.1) is 0 Å². The molecule has 4 heteroatoms. The third-order valence-electron chi connectivity index (χ3n) is 12.4. The van der Waals surface area contributed by atoms with Crippen molar-refractivity contribution in [2.75, 3.05) is 4.90 Å². The van der Waals surface area contributed by atoms with Crippen LogP contribution in [0.4, 0.5) is 5.69 Å². The summed E-state index contributed by atoms with van der Waals surface area (Å²) >= 11 is 1.89. The molecule has 0 bridgehead atoms. The number of thiophene rings is 1. The normalized spacial score (nSPS) is 21.6. The van der Waals surface area contributed by atoms with E-state index in [9.17, 15) is 0 Å². The molecule has 0 fully saturated rings. The first-order valence-corrected chi connectivity index (χ1v) is 19.8. The van der Waals surface area contributed by atoms with E-state index in [2.05, 4.69) is 195 Å². The summed E-state index contributed by atoms with van der Waals surface area (Å²) in [6.45, 7) is 7.06. The molecule has 0 saturated carbocycles. The van der Waals surface area contributed by atoms with Gasteiger partial charge in [0.2, 0.25) is 0 Å². The molecule has 3 heterocycles. The maximum absolute atomic E-state index is 5.45. The average Bonchev–Trinajstić information content (AvgIpc) is 3.80. The Morgan fingerprint density at radius 2 is 1.39 bits per heavy atom. The third-order valence-corrected chi connectivity index (χ3v) is 13.6. The minimum absolute atomic E-state index is 0.0376. The number of fused-ring (bicyclic) bond motifs is 9. The van der Waals surface area contributed by atoms with Crippen LogP contribution in [-0.4, -0.2) is 17.5 Å². The van der Waals surface area contributed by atoms with Gasteiger partial charge in [0.15, 0.2) is 6.29 Å². The number of hydrogen-bond donors (Lipinski definition) is 1. The molecule has 1 aromatic heterocycles. The highest BCUT2D eigenvalue weighted by Crippen LogP contribution is 2.54. The Morgan fingerprint density at radius 1 is 0.648 bits per heavy atom. The molecule has 0 amide bonds. The first kappa shape index (κ1) is 31.5. The summed E-state index contributed by atoms with van der Waals surface area (Å²) in [5, 5.41) is 6.30. The Morgan fingerprint density at radius 3 is 2.33 bits per heavy atom. The van der Waals surface area contributed by atoms with Gasteiger partial charge in [-0.2, -0.15) is 0 Å². The minimum Gasteiger partial charge on any atom is -0.353 e. The van der Waals surface area contributed by atoms with E-state index in [1.807, 2.05) is 11.3 Å². The maximum Gasteiger partial charge on any atom is 0.197 e. The van der Waals surface area contributed by atoms with E-state index in [4.69, 9.17) is 4.99 Å². The van der Waals surface area contributed by atoms with Gasteiger partial charge in [-0.25, -0.2) is 4.99 Å². The fraction of sp³-hybridized carbons (Fsp3) is 0.140. The summed E-state index contributed by atoms with van der Waals surface area (Å²) in [6, 6.07) is 49.1. The van der Waals surface area contributed by atoms with E-state index >= 15 is 0 Å². The fourth-order valence-corrected chi connectivity index (χ4v) is 10.9. The van der Waals surface area contributed by atoms with Crippen LogP contribution < -0.4 is 10.2 Å². The molecule has 2 aliphatic carbocycles. The van der Waals surface area contributed by atoms with Gasteiger partial charge in [0.05, 0.1) is 11.3 Å². The van der Waals surface area contributed by atoms with Crippen LogP contribution >= 0.6 is 11.3 Å². The molecule has 3 nitrogen and oxygen atoms in total. The molecule has 0 saturated heterocycles. The van der Waals surface area contributed by atoms with Crippen molar-refractivity contribution in [2.24, 2.45) is 4.99 Å². The summed E-state index contributed by atoms with van der Waals surface area (Å²) in [5.74, 6) is 0.170. The molecule has 54 heavy (non-hydrogen) atoms. The van der Waals surface area contributed by atoms with Crippen LogP contribution in [0.25, 0.3) is 48.0 Å². The Kier molecular flexibility index (Phi) is 6.73. The first-order valence-electron chi connectivity index (χ1n) is 18.9. The van der Waals surface area contributed by atoms with E-state index in [-0.39, 0.29) is 23.2 Å². The van der Waals surface area contributed by atoms with Gasteiger partial charge in [-0.15, -0.1) is 11.3 Å². The Hall–Kier alpha value is -5.97. The number of benzene rings is 6. The molecule has 1 N–H and O–H groups in total. The predicted octanol–water partition coefficient (Wildman–Crippen LogP) is 12.2. The van der Waals surface area contributed by atoms with E-state index in [0.29, 0.717) is 0 Å². The molecular formula is C50H39N3S. The van der Waals surface area contributed by atoms with Crippen LogP contribution in [0.5, 0.6) is 0 Å². The molecule has 7 aromatic rings. The molecule has 11 rings (SSSR count). The van der Waals surface area contributed by atoms with Crippen molar-refractivity contribution in [3.05, 3.63) is 192 Å². The first-order chi connectivity index (χ1) is 26.4. The van der Waals surface area contributed by atoms with Crippen LogP contribution in [0.2, 0.25) is 0 Å². The standard InChI is InChI=1S/C50H39N3S/c1-49(2)41-19-7-4-14-36(41)37-23-22-32(29-42(37)49)31-12-10-13-34(28-31)44-25-27-51-48(52-44)53-45-20-8-5-16-40(45)43-30-33(24-26-50(43,53)3)35-17-11-18-39-38-15-6-9-21-46(38)54-47(35)39/h4-30,43,48,51H,1-3H3. The minimum atomic E-state index is -0.310. The van der Waals surface area contributed by atoms with Crippen molar-refractivity contribution in [1.29, 1.82) is 0 Å². The lowest BCUT2D eigenvalue weighted by Gasteiger charge is -2.43. The second-order valence-electron chi connectivity index (χ2n) is 15.8. The lowest BCUT2D eigenvalue weighted by Crippen LogP contribution is -2.55. The number of nitrogens with zero attached hydrogens (tertiary/aromatic N) is 2. The molecular weight excluding hydrogens is 675 g/mol. The number of anilines is 1. The number of allylic oxidation sites excluding steroid dienone is 3. The Balaban J connectivity index is 0.945. The molecule has 0 spiro atoms. The highest BCUT2D eigenvalue weighted by molar-refractivity contribution is 7.26. The SMILES string of the molecule is CC1(C)c2ccccc2-c2ccc(-c3cccc(C4=NC(N5c6ccccc6C6C=C(c7cccc8c7sc7ccccc78)C=CC65C)NC=C4)c3)cc21. The molecule has 3 unspecified atom stereocenters. The fourth-order valence-electron chi connectivity index (χ4n) is 9.65. The van der Waals surface area contributed by atoms with Gasteiger partial charge in [-0.3, -0.25) is 0 Å². The van der Waals surface area contributed by atoms with Crippen molar-refractivity contribution in [3.63, 3.8) is 0 Å². The van der Waals surface area contributed by atoms with Crippen molar-refractivity contribution < 1.29 is 0 Å². The highest BCUT2D eigenvalue weighted by atomic mass is 32.1. The maximum atomic E-state index is 5.45. The Bertz CT molecular complexity index is 2830. The summed E-state index contributed by atoms with van der Waals surface area (Å²) in [5.41, 5.74) is 14.8. The molecule has 2 aliphatic heterocycles. The van der Waals surface area contributed by atoms with Crippen molar-refractivity contribution >= 4 is 48.5 Å². The van der Waals surface area contributed by atoms with Crippen molar-refractivity contribution in [1.82, 2.24) is 5.32 Å². The zero-order valence-electron chi connectivity index (χ0n) is 30.5. The zero-order valence-corrected chi connectivity index (χ0v) is 31.4. The van der Waals surface area contributed by atoms with Gasteiger partial charge in [-0.05, 0) is 87.3 Å². The van der Waals surface area contributed by atoms with Gasteiger partial charge in [-0.1, -0.05) is 141 Å². The molecule has 6 aromatic carbocycles. The van der Waals surface area contributed by atoms with E-state index in [0.717, 1.165) is 11.3 Å². The quantitative estimate of drug-likeness (QED) is 0.197. The van der Waals surface area contributed by atoms with Crippen LogP contribution in [0.15, 0.2) is 169 Å². The van der Waals surface area contributed by atoms with E-state index in [1.54, 1.807) is 0 Å². The summed E-state index contributed by atoms with van der Waals surface area (Å²) in [7, 11) is 0. The lowest BCUT2D eigenvalue weighted by atomic mass is 9.77. The lowest BCUT2D eigenvalue weighted by molar-refractivity contribution is 0.425. The number of aliphatic imine (C=N–C) groups is 1. The number of hydrogen-bond acceptors (Lipinski definition) is 4. The molecule has 3 atom stereocenters. The van der Waals surface area contributed by atoms with Gasteiger partial charge in [0.25, 0.3) is 0 Å². The van der Waals surface area contributed by atoms with E-state index < -0.39 is 0 Å². The van der Waals surface area contributed by atoms with Crippen LogP contribution in [0.1, 0.15) is 54.5 Å². The summed E-state index contributed by atoms with van der Waals surface area (Å²) in [4.78, 5) is 7.94. The number of nitrogens with one attached hydrogen (secondary N) is 1. The largest absolute Gasteiger partial charge is 0.353 e. The van der Waals surface area contributed by atoms with Gasteiger partial charge >= 0.3 is 0 Å². The zero-order chi connectivity index (χ0) is 36.2. The van der Waals surface area contributed by atoms with Gasteiger partial charge < -0.3 is 10.2 Å². The summed E-state index contributed by atoms with van der Waals surface area (Å²) < 4.78 is 2.69.